The van der Waals surface area contributed by atoms with E-state index in [9.17, 15) is 13.2 Å². The van der Waals surface area contributed by atoms with Gasteiger partial charge in [-0.3, -0.25) is 10.1 Å². The number of aromatic nitrogens is 2. The molecule has 0 bridgehead atoms. The molecule has 2 heterocycles. The molecule has 1 aliphatic rings. The van der Waals surface area contributed by atoms with E-state index in [1.807, 2.05) is 20.8 Å². The van der Waals surface area contributed by atoms with E-state index in [-0.39, 0.29) is 22.4 Å². The fourth-order valence-electron chi connectivity index (χ4n) is 4.80. The lowest BCUT2D eigenvalue weighted by molar-refractivity contribution is 0.102. The quantitative estimate of drug-likeness (QED) is 0.342. The molecule has 2 aromatic carbocycles. The zero-order valence-electron chi connectivity index (χ0n) is 23.5. The predicted molar refractivity (Wildman–Crippen MR) is 149 cm³/mol. The molecular weight excluding hydrogens is 536 g/mol. The number of nitrogens with zero attached hydrogens (tertiary/aromatic N) is 3. The monoisotopic (exact) mass is 572 g/mol. The van der Waals surface area contributed by atoms with Gasteiger partial charge < -0.3 is 18.6 Å². The summed E-state index contributed by atoms with van der Waals surface area (Å²) >= 11 is 0. The summed E-state index contributed by atoms with van der Waals surface area (Å²) in [4.78, 5) is 13.0. The number of amides is 1. The standard InChI is InChI=1S/C28H36N4O7S/c1-6-36-23-14-21(15-24(37-7-2)25(23)38-8-3)27-30-31-28(39-27)29-26(33)20-9-11-22(12-10-20)40(34,35)32-16-18(4)13-19(5)17-32/h9-12,14-15,18-19H,6-8,13,16-17H2,1-5H3,(H,29,31,33)/t18-,19-/m1/s1. The van der Waals surface area contributed by atoms with Crippen LogP contribution in [0, 0.1) is 11.8 Å². The highest BCUT2D eigenvalue weighted by molar-refractivity contribution is 7.89. The second kappa shape index (κ2) is 12.7. The van der Waals surface area contributed by atoms with Gasteiger partial charge in [0, 0.05) is 24.2 Å². The summed E-state index contributed by atoms with van der Waals surface area (Å²) in [6.45, 7) is 11.9. The third-order valence-electron chi connectivity index (χ3n) is 6.39. The lowest BCUT2D eigenvalue weighted by atomic mass is 9.94. The maximum Gasteiger partial charge on any atom is 0.322 e. The Hall–Kier alpha value is -3.64. The summed E-state index contributed by atoms with van der Waals surface area (Å²) in [6.07, 6.45) is 1.00. The first-order chi connectivity index (χ1) is 19.2. The van der Waals surface area contributed by atoms with E-state index in [1.54, 1.807) is 12.1 Å². The molecule has 3 aromatic rings. The first kappa shape index (κ1) is 29.3. The SMILES string of the molecule is CCOc1cc(-c2nnc(NC(=O)c3ccc(S(=O)(=O)N4C[C@H](C)C[C@@H](C)C4)cc3)o2)cc(OCC)c1OCC. The fourth-order valence-corrected chi connectivity index (χ4v) is 6.48. The van der Waals surface area contributed by atoms with Gasteiger partial charge in [0.25, 0.3) is 5.91 Å². The van der Waals surface area contributed by atoms with E-state index >= 15 is 0 Å². The number of rotatable bonds is 11. The van der Waals surface area contributed by atoms with E-state index in [0.717, 1.165) is 6.42 Å². The summed E-state index contributed by atoms with van der Waals surface area (Å²) in [5.41, 5.74) is 0.775. The van der Waals surface area contributed by atoms with Crippen LogP contribution in [-0.2, 0) is 10.0 Å². The minimum atomic E-state index is -3.65. The second-order valence-corrected chi connectivity index (χ2v) is 11.7. The van der Waals surface area contributed by atoms with Gasteiger partial charge in [0.1, 0.15) is 0 Å². The maximum atomic E-state index is 13.1. The van der Waals surface area contributed by atoms with Crippen molar-refractivity contribution >= 4 is 21.9 Å². The molecule has 216 valence electrons. The number of piperidine rings is 1. The van der Waals surface area contributed by atoms with Gasteiger partial charge in [0.05, 0.1) is 24.7 Å². The van der Waals surface area contributed by atoms with Crippen LogP contribution >= 0.6 is 0 Å². The Bertz CT molecular complexity index is 1390. The topological polar surface area (TPSA) is 133 Å². The Kier molecular flexibility index (Phi) is 9.31. The van der Waals surface area contributed by atoms with Gasteiger partial charge in [-0.15, -0.1) is 5.10 Å². The van der Waals surface area contributed by atoms with E-state index < -0.39 is 15.9 Å². The van der Waals surface area contributed by atoms with Crippen molar-refractivity contribution in [3.8, 4) is 28.7 Å². The minimum absolute atomic E-state index is 0.113. The molecule has 0 saturated carbocycles. The van der Waals surface area contributed by atoms with Gasteiger partial charge in [-0.2, -0.15) is 4.31 Å². The van der Waals surface area contributed by atoms with Crippen LogP contribution in [0.5, 0.6) is 17.2 Å². The molecule has 4 rings (SSSR count). The van der Waals surface area contributed by atoms with Gasteiger partial charge >= 0.3 is 6.01 Å². The van der Waals surface area contributed by atoms with E-state index in [1.165, 1.54) is 28.6 Å². The van der Waals surface area contributed by atoms with Crippen LogP contribution in [0.25, 0.3) is 11.5 Å². The molecule has 1 N–H and O–H groups in total. The normalized spacial score (nSPS) is 17.8. The van der Waals surface area contributed by atoms with Crippen LogP contribution < -0.4 is 19.5 Å². The van der Waals surface area contributed by atoms with Crippen molar-refractivity contribution in [1.29, 1.82) is 0 Å². The zero-order valence-corrected chi connectivity index (χ0v) is 24.3. The van der Waals surface area contributed by atoms with Crippen LogP contribution in [-0.4, -0.2) is 61.7 Å². The van der Waals surface area contributed by atoms with E-state index in [4.69, 9.17) is 18.6 Å². The van der Waals surface area contributed by atoms with Gasteiger partial charge in [-0.1, -0.05) is 18.9 Å². The minimum Gasteiger partial charge on any atom is -0.490 e. The molecule has 11 nitrogen and oxygen atoms in total. The van der Waals surface area contributed by atoms with Crippen LogP contribution in [0.4, 0.5) is 6.01 Å². The van der Waals surface area contributed by atoms with Crippen molar-refractivity contribution in [3.05, 3.63) is 42.0 Å². The maximum absolute atomic E-state index is 13.1. The third kappa shape index (κ3) is 6.56. The Morgan fingerprint density at radius 3 is 2.08 bits per heavy atom. The van der Waals surface area contributed by atoms with Gasteiger partial charge in [-0.25, -0.2) is 8.42 Å². The molecule has 0 aliphatic carbocycles. The van der Waals surface area contributed by atoms with Crippen LogP contribution in [0.2, 0.25) is 0 Å². The second-order valence-electron chi connectivity index (χ2n) is 9.76. The zero-order chi connectivity index (χ0) is 28.9. The molecule has 12 heteroatoms. The van der Waals surface area contributed by atoms with Crippen molar-refractivity contribution in [2.75, 3.05) is 38.2 Å². The molecule has 0 spiro atoms. The highest BCUT2D eigenvalue weighted by Gasteiger charge is 2.31. The number of benzene rings is 2. The molecule has 2 atom stereocenters. The molecule has 40 heavy (non-hydrogen) atoms. The first-order valence-electron chi connectivity index (χ1n) is 13.5. The van der Waals surface area contributed by atoms with Crippen LogP contribution in [0.1, 0.15) is 51.4 Å². The fraction of sp³-hybridized carbons (Fsp3) is 0.464. The number of hydrogen-bond donors (Lipinski definition) is 1. The van der Waals surface area contributed by atoms with Crippen molar-refractivity contribution in [3.63, 3.8) is 0 Å². The summed E-state index contributed by atoms with van der Waals surface area (Å²) in [7, 11) is -3.65. The molecule has 1 amide bonds. The number of anilines is 1. The Labute approximate surface area is 234 Å². The molecular formula is C28H36N4O7S. The van der Waals surface area contributed by atoms with Crippen molar-refractivity contribution in [2.45, 2.75) is 45.9 Å². The lowest BCUT2D eigenvalue weighted by Gasteiger charge is -2.34. The first-order valence-corrected chi connectivity index (χ1v) is 14.9. The number of ether oxygens (including phenoxy) is 3. The van der Waals surface area contributed by atoms with Crippen LogP contribution in [0.3, 0.4) is 0 Å². The number of carbonyl (C=O) groups excluding carboxylic acids is 1. The molecule has 0 unspecified atom stereocenters. The van der Waals surface area contributed by atoms with Crippen LogP contribution in [0.15, 0.2) is 45.7 Å². The predicted octanol–water partition coefficient (Wildman–Crippen LogP) is 4.85. The Morgan fingerprint density at radius 2 is 1.52 bits per heavy atom. The smallest absolute Gasteiger partial charge is 0.322 e. The highest BCUT2D eigenvalue weighted by Crippen LogP contribution is 2.42. The number of carbonyl (C=O) groups is 1. The molecule has 1 saturated heterocycles. The molecule has 1 fully saturated rings. The molecule has 1 aliphatic heterocycles. The van der Waals surface area contributed by atoms with Crippen molar-refractivity contribution in [2.24, 2.45) is 11.8 Å². The average molecular weight is 573 g/mol. The summed E-state index contributed by atoms with van der Waals surface area (Å²) in [5.74, 6) is 1.64. The summed E-state index contributed by atoms with van der Waals surface area (Å²) in [5, 5.41) is 10.6. The Balaban J connectivity index is 1.50. The molecule has 0 radical (unpaired) electrons. The average Bonchev–Trinajstić information content (AvgIpc) is 3.38. The van der Waals surface area contributed by atoms with Gasteiger partial charge in [-0.05, 0) is 75.4 Å². The largest absolute Gasteiger partial charge is 0.490 e. The van der Waals surface area contributed by atoms with Gasteiger partial charge in [0.2, 0.25) is 21.7 Å². The Morgan fingerprint density at radius 1 is 0.950 bits per heavy atom. The van der Waals surface area contributed by atoms with Crippen molar-refractivity contribution in [1.82, 2.24) is 14.5 Å². The van der Waals surface area contributed by atoms with E-state index in [0.29, 0.717) is 67.6 Å². The van der Waals surface area contributed by atoms with Crippen molar-refractivity contribution < 1.29 is 31.8 Å². The summed E-state index contributed by atoms with van der Waals surface area (Å²) in [6, 6.07) is 9.11. The summed E-state index contributed by atoms with van der Waals surface area (Å²) < 4.78 is 50.7. The third-order valence-corrected chi connectivity index (χ3v) is 8.24. The number of nitrogens with one attached hydrogen (secondary N) is 1. The number of hydrogen-bond acceptors (Lipinski definition) is 9. The highest BCUT2D eigenvalue weighted by atomic mass is 32.2. The number of sulfonamides is 1. The molecule has 1 aromatic heterocycles. The lowest BCUT2D eigenvalue weighted by Crippen LogP contribution is -2.42. The van der Waals surface area contributed by atoms with E-state index in [2.05, 4.69) is 29.4 Å². The van der Waals surface area contributed by atoms with Gasteiger partial charge in [0.15, 0.2) is 11.5 Å².